The highest BCUT2D eigenvalue weighted by molar-refractivity contribution is 6.30. The summed E-state index contributed by atoms with van der Waals surface area (Å²) in [6, 6.07) is 14.2. The van der Waals surface area contributed by atoms with Crippen LogP contribution in [-0.2, 0) is 11.3 Å². The van der Waals surface area contributed by atoms with Crippen molar-refractivity contribution in [1.29, 1.82) is 0 Å². The van der Waals surface area contributed by atoms with Gasteiger partial charge in [0.1, 0.15) is 0 Å². The van der Waals surface area contributed by atoms with Crippen LogP contribution in [-0.4, -0.2) is 23.4 Å². The lowest BCUT2D eigenvalue weighted by atomic mass is 10.1. The van der Waals surface area contributed by atoms with Gasteiger partial charge in [-0.3, -0.25) is 4.79 Å². The third-order valence-electron chi connectivity index (χ3n) is 3.67. The highest BCUT2D eigenvalue weighted by atomic mass is 35.5. The number of rotatable bonds is 4. The quantitative estimate of drug-likeness (QED) is 0.538. The summed E-state index contributed by atoms with van der Waals surface area (Å²) in [5.41, 5.74) is 1.84. The van der Waals surface area contributed by atoms with E-state index in [1.807, 2.05) is 24.3 Å². The molecule has 0 saturated carbocycles. The molecule has 0 fully saturated rings. The van der Waals surface area contributed by atoms with Crippen LogP contribution in [0.15, 0.2) is 54.7 Å². The molecule has 3 rings (SSSR count). The molecule has 5 heteroatoms. The second kappa shape index (κ2) is 6.26. The van der Waals surface area contributed by atoms with E-state index in [4.69, 9.17) is 16.3 Å². The molecule has 1 aromatic heterocycles. The Hall–Kier alpha value is -2.59. The first-order chi connectivity index (χ1) is 11.1. The predicted octanol–water partition coefficient (Wildman–Crippen LogP) is 3.96. The van der Waals surface area contributed by atoms with Gasteiger partial charge in [-0.15, -0.1) is 0 Å². The fourth-order valence-electron chi connectivity index (χ4n) is 2.53. The Kier molecular flexibility index (Phi) is 4.17. The van der Waals surface area contributed by atoms with Crippen molar-refractivity contribution in [2.45, 2.75) is 6.54 Å². The fraction of sp³-hybridized carbons (Fsp3) is 0.111. The number of ether oxygens (including phenoxy) is 1. The number of esters is 1. The topological polar surface area (TPSA) is 48.3 Å². The summed E-state index contributed by atoms with van der Waals surface area (Å²) < 4.78 is 6.57. The average molecular weight is 328 g/mol. The molecule has 0 N–H and O–H groups in total. The molecule has 0 spiro atoms. The maximum Gasteiger partial charge on any atom is 0.340 e. The molecule has 2 aromatic carbocycles. The summed E-state index contributed by atoms with van der Waals surface area (Å²) in [6.07, 6.45) is 1.66. The first kappa shape index (κ1) is 15.3. The molecule has 0 aliphatic heterocycles. The second-order valence-electron chi connectivity index (χ2n) is 5.11. The van der Waals surface area contributed by atoms with E-state index in [0.29, 0.717) is 16.1 Å². The predicted molar refractivity (Wildman–Crippen MR) is 89.1 cm³/mol. The van der Waals surface area contributed by atoms with Gasteiger partial charge in [0.15, 0.2) is 5.78 Å². The number of nitrogens with zero attached hydrogens (tertiary/aromatic N) is 1. The summed E-state index contributed by atoms with van der Waals surface area (Å²) >= 11 is 5.84. The molecule has 0 saturated heterocycles. The van der Waals surface area contributed by atoms with Gasteiger partial charge in [0, 0.05) is 27.7 Å². The number of benzene rings is 2. The van der Waals surface area contributed by atoms with Crippen LogP contribution in [0.25, 0.3) is 10.9 Å². The van der Waals surface area contributed by atoms with Crippen LogP contribution in [0.1, 0.15) is 20.7 Å². The Bertz CT molecular complexity index is 881. The van der Waals surface area contributed by atoms with Gasteiger partial charge in [-0.25, -0.2) is 4.79 Å². The van der Waals surface area contributed by atoms with E-state index in [2.05, 4.69) is 0 Å². The lowest BCUT2D eigenvalue weighted by Crippen LogP contribution is -2.09. The summed E-state index contributed by atoms with van der Waals surface area (Å²) in [7, 11) is 1.34. The zero-order valence-corrected chi connectivity index (χ0v) is 13.2. The summed E-state index contributed by atoms with van der Waals surface area (Å²) in [6.45, 7) is 0.138. The number of ketones is 1. The normalized spacial score (nSPS) is 10.7. The number of halogens is 1. The van der Waals surface area contributed by atoms with Crippen molar-refractivity contribution in [2.24, 2.45) is 0 Å². The second-order valence-corrected chi connectivity index (χ2v) is 5.55. The first-order valence-corrected chi connectivity index (χ1v) is 7.43. The van der Waals surface area contributed by atoms with E-state index in [-0.39, 0.29) is 12.3 Å². The van der Waals surface area contributed by atoms with Gasteiger partial charge in [-0.05, 0) is 30.3 Å². The SMILES string of the molecule is COC(=O)c1cn(CC(=O)c2ccc(Cl)cc2)c2ccccc12. The molecule has 3 aromatic rings. The van der Waals surface area contributed by atoms with E-state index < -0.39 is 5.97 Å². The van der Waals surface area contributed by atoms with Gasteiger partial charge in [-0.2, -0.15) is 0 Å². The van der Waals surface area contributed by atoms with Crippen LogP contribution in [0.5, 0.6) is 0 Å². The van der Waals surface area contributed by atoms with Gasteiger partial charge in [-0.1, -0.05) is 29.8 Å². The van der Waals surface area contributed by atoms with Gasteiger partial charge in [0.2, 0.25) is 0 Å². The van der Waals surface area contributed by atoms with Crippen molar-refractivity contribution < 1.29 is 14.3 Å². The maximum absolute atomic E-state index is 12.4. The number of hydrogen-bond donors (Lipinski definition) is 0. The molecular weight excluding hydrogens is 314 g/mol. The van der Waals surface area contributed by atoms with E-state index in [0.717, 1.165) is 10.9 Å². The number of methoxy groups -OCH3 is 1. The molecule has 116 valence electrons. The van der Waals surface area contributed by atoms with Crippen LogP contribution in [0.2, 0.25) is 5.02 Å². The molecule has 1 heterocycles. The molecule has 0 aliphatic rings. The van der Waals surface area contributed by atoms with Crippen LogP contribution in [0, 0.1) is 0 Å². The molecule has 0 radical (unpaired) electrons. The fourth-order valence-corrected chi connectivity index (χ4v) is 2.66. The molecule has 0 amide bonds. The smallest absolute Gasteiger partial charge is 0.340 e. The van der Waals surface area contributed by atoms with Crippen molar-refractivity contribution in [2.75, 3.05) is 7.11 Å². The molecule has 0 aliphatic carbocycles. The van der Waals surface area contributed by atoms with E-state index in [1.54, 1.807) is 35.0 Å². The summed E-state index contributed by atoms with van der Waals surface area (Å²) in [4.78, 5) is 24.3. The number of fused-ring (bicyclic) bond motifs is 1. The lowest BCUT2D eigenvalue weighted by molar-refractivity contribution is 0.0602. The van der Waals surface area contributed by atoms with Crippen molar-refractivity contribution in [3.8, 4) is 0 Å². The number of aromatic nitrogens is 1. The average Bonchev–Trinajstić information content (AvgIpc) is 2.93. The number of Topliss-reactive ketones (excluding diaryl/α,β-unsaturated/α-hetero) is 1. The Morgan fingerprint density at radius 2 is 1.78 bits per heavy atom. The Labute approximate surface area is 138 Å². The Morgan fingerprint density at radius 3 is 2.48 bits per heavy atom. The minimum atomic E-state index is -0.418. The molecule has 23 heavy (non-hydrogen) atoms. The first-order valence-electron chi connectivity index (χ1n) is 7.05. The minimum Gasteiger partial charge on any atom is -0.465 e. The number of para-hydroxylation sites is 1. The van der Waals surface area contributed by atoms with E-state index in [1.165, 1.54) is 7.11 Å². The maximum atomic E-state index is 12.4. The molecule has 4 nitrogen and oxygen atoms in total. The summed E-state index contributed by atoms with van der Waals surface area (Å²) in [5.74, 6) is -0.474. The van der Waals surface area contributed by atoms with Crippen molar-refractivity contribution in [1.82, 2.24) is 4.57 Å². The van der Waals surface area contributed by atoms with Crippen molar-refractivity contribution >= 4 is 34.3 Å². The van der Waals surface area contributed by atoms with E-state index >= 15 is 0 Å². The number of carbonyl (C=O) groups is 2. The minimum absolute atomic E-state index is 0.0566. The van der Waals surface area contributed by atoms with Crippen molar-refractivity contribution in [3.05, 3.63) is 70.9 Å². The van der Waals surface area contributed by atoms with Crippen LogP contribution in [0.3, 0.4) is 0 Å². The van der Waals surface area contributed by atoms with Gasteiger partial charge < -0.3 is 9.30 Å². The molecule has 0 unspecified atom stereocenters. The molecule has 0 atom stereocenters. The lowest BCUT2D eigenvalue weighted by Gasteiger charge is -2.05. The van der Waals surface area contributed by atoms with Crippen LogP contribution < -0.4 is 0 Å². The van der Waals surface area contributed by atoms with Crippen LogP contribution >= 0.6 is 11.6 Å². The third-order valence-corrected chi connectivity index (χ3v) is 3.93. The highest BCUT2D eigenvalue weighted by Gasteiger charge is 2.17. The number of carbonyl (C=O) groups excluding carboxylic acids is 2. The highest BCUT2D eigenvalue weighted by Crippen LogP contribution is 2.22. The molecular formula is C18H14ClNO3. The largest absolute Gasteiger partial charge is 0.465 e. The zero-order chi connectivity index (χ0) is 16.4. The van der Waals surface area contributed by atoms with Gasteiger partial charge in [0.05, 0.1) is 19.2 Å². The standard InChI is InChI=1S/C18H14ClNO3/c1-23-18(22)15-10-20(16-5-3-2-4-14(15)16)11-17(21)12-6-8-13(19)9-7-12/h2-10H,11H2,1H3. The summed E-state index contributed by atoms with van der Waals surface area (Å²) in [5, 5.41) is 1.35. The number of hydrogen-bond acceptors (Lipinski definition) is 3. The molecule has 0 bridgehead atoms. The Balaban J connectivity index is 1.98. The van der Waals surface area contributed by atoms with Crippen LogP contribution in [0.4, 0.5) is 0 Å². The Morgan fingerprint density at radius 1 is 1.09 bits per heavy atom. The third kappa shape index (κ3) is 2.98. The monoisotopic (exact) mass is 327 g/mol. The van der Waals surface area contributed by atoms with E-state index in [9.17, 15) is 9.59 Å². The van der Waals surface area contributed by atoms with Gasteiger partial charge in [0.25, 0.3) is 0 Å². The van der Waals surface area contributed by atoms with Crippen molar-refractivity contribution in [3.63, 3.8) is 0 Å². The zero-order valence-electron chi connectivity index (χ0n) is 12.5. The van der Waals surface area contributed by atoms with Gasteiger partial charge >= 0.3 is 5.97 Å².